The second-order valence-corrected chi connectivity index (χ2v) is 4.90. The largest absolute Gasteiger partial charge is 0.489 e. The fraction of sp³-hybridized carbons (Fsp3) is 0.571. The Morgan fingerprint density at radius 1 is 1.32 bits per heavy atom. The van der Waals surface area contributed by atoms with Crippen LogP contribution in [0.25, 0.3) is 0 Å². The highest BCUT2D eigenvalue weighted by atomic mass is 16.5. The number of hydrogen-bond donors (Lipinski definition) is 3. The number of nitrogens with zero attached hydrogens (tertiary/aromatic N) is 1. The summed E-state index contributed by atoms with van der Waals surface area (Å²) in [5.74, 6) is 0.591. The van der Waals surface area contributed by atoms with Gasteiger partial charge in [0.25, 0.3) is 0 Å². The van der Waals surface area contributed by atoms with Crippen molar-refractivity contribution in [3.63, 3.8) is 0 Å². The Balaban J connectivity index is 2.28. The van der Waals surface area contributed by atoms with Crippen molar-refractivity contribution in [3.05, 3.63) is 24.3 Å². The first kappa shape index (κ1) is 15.8. The first-order valence-corrected chi connectivity index (χ1v) is 6.51. The van der Waals surface area contributed by atoms with Gasteiger partial charge in [0.05, 0.1) is 11.8 Å². The number of benzene rings is 1. The van der Waals surface area contributed by atoms with Gasteiger partial charge in [-0.15, -0.1) is 0 Å². The summed E-state index contributed by atoms with van der Waals surface area (Å²) in [7, 11) is 1.91. The molecule has 0 bridgehead atoms. The lowest BCUT2D eigenvalue weighted by Crippen LogP contribution is -2.34. The molecule has 1 rings (SSSR count). The minimum absolute atomic E-state index is 0.202. The number of aliphatic hydroxyl groups excluding tert-OH is 2. The summed E-state index contributed by atoms with van der Waals surface area (Å²) in [5, 5.41) is 19.1. The van der Waals surface area contributed by atoms with Crippen molar-refractivity contribution < 1.29 is 14.9 Å². The van der Waals surface area contributed by atoms with Crippen LogP contribution in [0.1, 0.15) is 13.3 Å². The summed E-state index contributed by atoms with van der Waals surface area (Å²) in [6, 6.07) is 7.21. The van der Waals surface area contributed by atoms with E-state index in [1.807, 2.05) is 24.1 Å². The standard InChI is InChI=1S/C14H24N2O3/c1-11(17)7-8-16(2)9-12(18)10-19-14-6-4-3-5-13(14)15/h3-6,11-12,17-18H,7-10,15H2,1-2H3. The molecule has 0 aliphatic carbocycles. The summed E-state index contributed by atoms with van der Waals surface area (Å²) in [6.07, 6.45) is -0.214. The van der Waals surface area contributed by atoms with Crippen LogP contribution in [0.15, 0.2) is 24.3 Å². The summed E-state index contributed by atoms with van der Waals surface area (Å²) in [5.41, 5.74) is 6.31. The van der Waals surface area contributed by atoms with E-state index in [2.05, 4.69) is 0 Å². The van der Waals surface area contributed by atoms with Crippen molar-refractivity contribution in [3.8, 4) is 5.75 Å². The van der Waals surface area contributed by atoms with Crippen molar-refractivity contribution in [1.82, 2.24) is 4.90 Å². The van der Waals surface area contributed by atoms with Gasteiger partial charge in [-0.05, 0) is 32.5 Å². The zero-order valence-electron chi connectivity index (χ0n) is 11.6. The van der Waals surface area contributed by atoms with Crippen molar-refractivity contribution in [2.24, 2.45) is 0 Å². The highest BCUT2D eigenvalue weighted by Gasteiger charge is 2.10. The lowest BCUT2D eigenvalue weighted by atomic mass is 10.2. The van der Waals surface area contributed by atoms with Gasteiger partial charge in [0.15, 0.2) is 0 Å². The number of para-hydroxylation sites is 2. The van der Waals surface area contributed by atoms with Crippen molar-refractivity contribution in [1.29, 1.82) is 0 Å². The lowest BCUT2D eigenvalue weighted by Gasteiger charge is -2.21. The number of aliphatic hydroxyl groups is 2. The van der Waals surface area contributed by atoms with Gasteiger partial charge in [-0.3, -0.25) is 0 Å². The minimum Gasteiger partial charge on any atom is -0.489 e. The average Bonchev–Trinajstić information content (AvgIpc) is 2.35. The number of anilines is 1. The van der Waals surface area contributed by atoms with Crippen LogP contribution in [-0.2, 0) is 0 Å². The molecule has 0 saturated heterocycles. The van der Waals surface area contributed by atoms with Gasteiger partial charge in [-0.25, -0.2) is 0 Å². The van der Waals surface area contributed by atoms with Gasteiger partial charge in [-0.2, -0.15) is 0 Å². The maximum atomic E-state index is 9.87. The zero-order valence-corrected chi connectivity index (χ0v) is 11.6. The molecule has 0 spiro atoms. The predicted molar refractivity (Wildman–Crippen MR) is 76.2 cm³/mol. The van der Waals surface area contributed by atoms with Crippen molar-refractivity contribution in [2.75, 3.05) is 32.5 Å². The minimum atomic E-state index is -0.585. The Morgan fingerprint density at radius 2 is 2.00 bits per heavy atom. The molecule has 0 saturated carbocycles. The van der Waals surface area contributed by atoms with Gasteiger partial charge >= 0.3 is 0 Å². The van der Waals surface area contributed by atoms with Gasteiger partial charge in [0.1, 0.15) is 18.5 Å². The van der Waals surface area contributed by atoms with Crippen LogP contribution >= 0.6 is 0 Å². The summed E-state index contributed by atoms with van der Waals surface area (Å²) in [6.45, 7) is 3.19. The molecular formula is C14H24N2O3. The van der Waals surface area contributed by atoms with E-state index in [-0.39, 0.29) is 12.7 Å². The molecule has 19 heavy (non-hydrogen) atoms. The van der Waals surface area contributed by atoms with E-state index in [4.69, 9.17) is 10.5 Å². The van der Waals surface area contributed by atoms with E-state index >= 15 is 0 Å². The van der Waals surface area contributed by atoms with E-state index < -0.39 is 6.10 Å². The van der Waals surface area contributed by atoms with E-state index in [9.17, 15) is 10.2 Å². The number of nitrogens with two attached hydrogens (primary N) is 1. The second-order valence-electron chi connectivity index (χ2n) is 4.90. The molecule has 0 heterocycles. The molecule has 5 heteroatoms. The summed E-state index contributed by atoms with van der Waals surface area (Å²) in [4.78, 5) is 1.97. The van der Waals surface area contributed by atoms with Crippen LogP contribution in [0.5, 0.6) is 5.75 Å². The zero-order chi connectivity index (χ0) is 14.3. The van der Waals surface area contributed by atoms with Crippen LogP contribution in [0, 0.1) is 0 Å². The highest BCUT2D eigenvalue weighted by molar-refractivity contribution is 5.51. The van der Waals surface area contributed by atoms with Gasteiger partial charge < -0.3 is 25.6 Å². The summed E-state index contributed by atoms with van der Waals surface area (Å²) >= 11 is 0. The third-order valence-corrected chi connectivity index (χ3v) is 2.80. The third kappa shape index (κ3) is 6.42. The molecule has 0 aromatic heterocycles. The lowest BCUT2D eigenvalue weighted by molar-refractivity contribution is 0.0711. The SMILES string of the molecule is CC(O)CCN(C)CC(O)COc1ccccc1N. The molecule has 108 valence electrons. The summed E-state index contributed by atoms with van der Waals surface area (Å²) < 4.78 is 5.47. The van der Waals surface area contributed by atoms with Crippen LogP contribution < -0.4 is 10.5 Å². The van der Waals surface area contributed by atoms with E-state index in [0.29, 0.717) is 24.4 Å². The topological polar surface area (TPSA) is 79.0 Å². The maximum absolute atomic E-state index is 9.87. The van der Waals surface area contributed by atoms with E-state index in [0.717, 1.165) is 6.54 Å². The first-order valence-electron chi connectivity index (χ1n) is 6.51. The second kappa shape index (κ2) is 7.99. The molecule has 0 aliphatic rings. The van der Waals surface area contributed by atoms with E-state index in [1.54, 1.807) is 19.1 Å². The molecule has 5 nitrogen and oxygen atoms in total. The number of ether oxygens (including phenoxy) is 1. The Labute approximate surface area is 114 Å². The number of rotatable bonds is 8. The maximum Gasteiger partial charge on any atom is 0.142 e. The van der Waals surface area contributed by atoms with Gasteiger partial charge in [-0.1, -0.05) is 12.1 Å². The third-order valence-electron chi connectivity index (χ3n) is 2.80. The molecule has 0 amide bonds. The molecule has 1 aromatic rings. The molecule has 0 fully saturated rings. The fourth-order valence-corrected chi connectivity index (χ4v) is 1.71. The van der Waals surface area contributed by atoms with Crippen LogP contribution in [-0.4, -0.2) is 54.1 Å². The Morgan fingerprint density at radius 3 is 2.63 bits per heavy atom. The molecule has 2 atom stereocenters. The van der Waals surface area contributed by atoms with E-state index in [1.165, 1.54) is 0 Å². The average molecular weight is 268 g/mol. The predicted octanol–water partition coefficient (Wildman–Crippen LogP) is 0.711. The number of hydrogen-bond acceptors (Lipinski definition) is 5. The van der Waals surface area contributed by atoms with Crippen LogP contribution in [0.4, 0.5) is 5.69 Å². The molecule has 4 N–H and O–H groups in total. The van der Waals surface area contributed by atoms with Crippen molar-refractivity contribution in [2.45, 2.75) is 25.6 Å². The fourth-order valence-electron chi connectivity index (χ4n) is 1.71. The molecular weight excluding hydrogens is 244 g/mol. The molecule has 2 unspecified atom stereocenters. The van der Waals surface area contributed by atoms with Gasteiger partial charge in [0.2, 0.25) is 0 Å². The van der Waals surface area contributed by atoms with Crippen LogP contribution in [0.3, 0.4) is 0 Å². The molecule has 0 radical (unpaired) electrons. The molecule has 0 aliphatic heterocycles. The Hall–Kier alpha value is -1.30. The number of likely N-dealkylation sites (N-methyl/N-ethyl adjacent to an activating group) is 1. The Bertz CT molecular complexity index is 371. The highest BCUT2D eigenvalue weighted by Crippen LogP contribution is 2.19. The Kier molecular flexibility index (Phi) is 6.62. The monoisotopic (exact) mass is 268 g/mol. The number of nitrogen functional groups attached to an aromatic ring is 1. The smallest absolute Gasteiger partial charge is 0.142 e. The van der Waals surface area contributed by atoms with Crippen LogP contribution in [0.2, 0.25) is 0 Å². The van der Waals surface area contributed by atoms with Crippen molar-refractivity contribution >= 4 is 5.69 Å². The molecule has 1 aromatic carbocycles. The van der Waals surface area contributed by atoms with Gasteiger partial charge in [0, 0.05) is 13.1 Å². The normalized spacial score (nSPS) is 14.4. The first-order chi connectivity index (χ1) is 8.99. The quantitative estimate of drug-likeness (QED) is 0.605.